The Morgan fingerprint density at radius 3 is 3.10 bits per heavy atom. The van der Waals surface area contributed by atoms with Crippen LogP contribution in [-0.4, -0.2) is 15.5 Å². The van der Waals surface area contributed by atoms with Crippen molar-refractivity contribution in [1.82, 2.24) is 9.59 Å². The van der Waals surface area contributed by atoms with Gasteiger partial charge in [0.05, 0.1) is 5.69 Å². The van der Waals surface area contributed by atoms with Gasteiger partial charge in [0.25, 0.3) is 0 Å². The lowest BCUT2D eigenvalue weighted by Crippen LogP contribution is -2.00. The third-order valence-corrected chi connectivity index (χ3v) is 2.31. The van der Waals surface area contributed by atoms with Gasteiger partial charge in [-0.15, -0.1) is 16.7 Å². The average molecular weight is 177 g/mol. The van der Waals surface area contributed by atoms with Crippen molar-refractivity contribution in [3.05, 3.63) is 11.1 Å². The van der Waals surface area contributed by atoms with Crippen molar-refractivity contribution < 1.29 is 0 Å². The number of rotatable bonds is 3. The first-order chi connectivity index (χ1) is 4.83. The molecule has 1 atom stereocenters. The molecule has 1 heterocycles. The first kappa shape index (κ1) is 7.95. The first-order valence-electron chi connectivity index (χ1n) is 3.15. The maximum Gasteiger partial charge on any atom is 0.0758 e. The Labute approximate surface area is 69.4 Å². The molecule has 1 aromatic rings. The van der Waals surface area contributed by atoms with Gasteiger partial charge < -0.3 is 0 Å². The second-order valence-electron chi connectivity index (χ2n) is 2.36. The zero-order valence-corrected chi connectivity index (χ0v) is 7.32. The van der Waals surface area contributed by atoms with Gasteiger partial charge in [0.1, 0.15) is 0 Å². The average Bonchev–Trinajstić information content (AvgIpc) is 2.40. The highest BCUT2D eigenvalue weighted by atomic mass is 35.5. The van der Waals surface area contributed by atoms with Gasteiger partial charge in [-0.2, -0.15) is 0 Å². The standard InChI is InChI=1S/C6H9ClN2S/c1-5(3-7)2-6-4-10-9-8-6/h4-5H,2-3H2,1H3. The second-order valence-corrected chi connectivity index (χ2v) is 3.28. The summed E-state index contributed by atoms with van der Waals surface area (Å²) in [6, 6.07) is 0. The van der Waals surface area contributed by atoms with E-state index in [0.717, 1.165) is 12.1 Å². The van der Waals surface area contributed by atoms with Crippen LogP contribution in [0.4, 0.5) is 0 Å². The van der Waals surface area contributed by atoms with Crippen LogP contribution in [0.2, 0.25) is 0 Å². The molecule has 56 valence electrons. The lowest BCUT2D eigenvalue weighted by Gasteiger charge is -2.01. The van der Waals surface area contributed by atoms with Crippen LogP contribution in [-0.2, 0) is 6.42 Å². The van der Waals surface area contributed by atoms with Crippen LogP contribution in [0.25, 0.3) is 0 Å². The van der Waals surface area contributed by atoms with Gasteiger partial charge in [-0.25, -0.2) is 0 Å². The highest BCUT2D eigenvalue weighted by Gasteiger charge is 2.03. The molecule has 2 nitrogen and oxygen atoms in total. The van der Waals surface area contributed by atoms with Crippen molar-refractivity contribution in [3.63, 3.8) is 0 Å². The van der Waals surface area contributed by atoms with Gasteiger partial charge in [-0.1, -0.05) is 11.4 Å². The minimum atomic E-state index is 0.505. The number of hydrogen-bond acceptors (Lipinski definition) is 3. The molecule has 0 amide bonds. The van der Waals surface area contributed by atoms with Gasteiger partial charge in [0.2, 0.25) is 0 Å². The molecule has 0 saturated carbocycles. The van der Waals surface area contributed by atoms with Crippen LogP contribution in [0.15, 0.2) is 5.38 Å². The Morgan fingerprint density at radius 1 is 1.80 bits per heavy atom. The maximum absolute atomic E-state index is 5.62. The van der Waals surface area contributed by atoms with Gasteiger partial charge in [-0.3, -0.25) is 0 Å². The van der Waals surface area contributed by atoms with Crippen LogP contribution < -0.4 is 0 Å². The molecular weight excluding hydrogens is 168 g/mol. The summed E-state index contributed by atoms with van der Waals surface area (Å²) >= 11 is 7.01. The molecule has 0 spiro atoms. The van der Waals surface area contributed by atoms with Crippen LogP contribution in [0.5, 0.6) is 0 Å². The van der Waals surface area contributed by atoms with Crippen molar-refractivity contribution >= 4 is 23.1 Å². The molecule has 0 aromatic carbocycles. The third-order valence-electron chi connectivity index (χ3n) is 1.23. The quantitative estimate of drug-likeness (QED) is 0.658. The van der Waals surface area contributed by atoms with E-state index in [1.807, 2.05) is 5.38 Å². The molecule has 0 fully saturated rings. The van der Waals surface area contributed by atoms with E-state index >= 15 is 0 Å². The molecule has 1 rings (SSSR count). The lowest BCUT2D eigenvalue weighted by molar-refractivity contribution is 0.640. The summed E-state index contributed by atoms with van der Waals surface area (Å²) in [5, 5.41) is 5.88. The van der Waals surface area contributed by atoms with E-state index in [2.05, 4.69) is 16.5 Å². The van der Waals surface area contributed by atoms with E-state index in [-0.39, 0.29) is 0 Å². The first-order valence-corrected chi connectivity index (χ1v) is 4.52. The lowest BCUT2D eigenvalue weighted by atomic mass is 10.1. The minimum absolute atomic E-state index is 0.505. The van der Waals surface area contributed by atoms with E-state index in [1.54, 1.807) is 0 Å². The Kier molecular flexibility index (Phi) is 3.09. The molecule has 0 aliphatic rings. The Hall–Kier alpha value is -0.150. The van der Waals surface area contributed by atoms with E-state index < -0.39 is 0 Å². The summed E-state index contributed by atoms with van der Waals surface area (Å²) < 4.78 is 3.76. The molecule has 4 heteroatoms. The molecule has 0 aliphatic carbocycles. The number of nitrogens with zero attached hydrogens (tertiary/aromatic N) is 2. The highest BCUT2D eigenvalue weighted by molar-refractivity contribution is 7.03. The van der Waals surface area contributed by atoms with Crippen molar-refractivity contribution in [2.45, 2.75) is 13.3 Å². The maximum atomic E-state index is 5.62. The van der Waals surface area contributed by atoms with Gasteiger partial charge in [-0.05, 0) is 23.9 Å². The Bertz CT molecular complexity index is 176. The van der Waals surface area contributed by atoms with Gasteiger partial charge in [0.15, 0.2) is 0 Å². The molecule has 1 aromatic heterocycles. The van der Waals surface area contributed by atoms with Crippen LogP contribution in [0.1, 0.15) is 12.6 Å². The summed E-state index contributed by atoms with van der Waals surface area (Å²) in [4.78, 5) is 0. The van der Waals surface area contributed by atoms with Gasteiger partial charge >= 0.3 is 0 Å². The smallest absolute Gasteiger partial charge is 0.0758 e. The fourth-order valence-corrected chi connectivity index (χ4v) is 1.26. The van der Waals surface area contributed by atoms with Crippen LogP contribution in [0.3, 0.4) is 0 Å². The normalized spacial score (nSPS) is 13.4. The van der Waals surface area contributed by atoms with E-state index in [1.165, 1.54) is 11.5 Å². The fraction of sp³-hybridized carbons (Fsp3) is 0.667. The predicted molar refractivity (Wildman–Crippen MR) is 43.5 cm³/mol. The monoisotopic (exact) mass is 176 g/mol. The number of halogens is 1. The SMILES string of the molecule is CC(CCl)Cc1csnn1. The van der Waals surface area contributed by atoms with Crippen LogP contribution >= 0.6 is 23.1 Å². The number of aromatic nitrogens is 2. The van der Waals surface area contributed by atoms with Crippen molar-refractivity contribution in [2.24, 2.45) is 5.92 Å². The summed E-state index contributed by atoms with van der Waals surface area (Å²) in [6.45, 7) is 2.10. The van der Waals surface area contributed by atoms with E-state index in [9.17, 15) is 0 Å². The summed E-state index contributed by atoms with van der Waals surface area (Å²) in [5.74, 6) is 1.20. The fourth-order valence-electron chi connectivity index (χ4n) is 0.684. The zero-order chi connectivity index (χ0) is 7.40. The molecule has 0 bridgehead atoms. The summed E-state index contributed by atoms with van der Waals surface area (Å²) in [6.07, 6.45) is 0.944. The van der Waals surface area contributed by atoms with Crippen molar-refractivity contribution in [1.29, 1.82) is 0 Å². The topological polar surface area (TPSA) is 25.8 Å². The highest BCUT2D eigenvalue weighted by Crippen LogP contribution is 2.07. The molecule has 1 unspecified atom stereocenters. The molecule has 0 aliphatic heterocycles. The van der Waals surface area contributed by atoms with Crippen molar-refractivity contribution in [3.8, 4) is 0 Å². The number of alkyl halides is 1. The second kappa shape index (κ2) is 3.88. The number of hydrogen-bond donors (Lipinski definition) is 0. The zero-order valence-electron chi connectivity index (χ0n) is 5.75. The molecule has 0 radical (unpaired) electrons. The van der Waals surface area contributed by atoms with Crippen molar-refractivity contribution in [2.75, 3.05) is 5.88 Å². The Balaban J connectivity index is 2.40. The molecule has 0 N–H and O–H groups in total. The third kappa shape index (κ3) is 2.23. The largest absolute Gasteiger partial charge is 0.143 e. The minimum Gasteiger partial charge on any atom is -0.143 e. The Morgan fingerprint density at radius 2 is 2.60 bits per heavy atom. The van der Waals surface area contributed by atoms with Gasteiger partial charge in [0, 0.05) is 11.3 Å². The van der Waals surface area contributed by atoms with E-state index in [0.29, 0.717) is 11.8 Å². The summed E-state index contributed by atoms with van der Waals surface area (Å²) in [7, 11) is 0. The van der Waals surface area contributed by atoms with Crippen LogP contribution in [0, 0.1) is 5.92 Å². The summed E-state index contributed by atoms with van der Waals surface area (Å²) in [5.41, 5.74) is 1.05. The molecule has 0 saturated heterocycles. The predicted octanol–water partition coefficient (Wildman–Crippen LogP) is 1.96. The molecule has 10 heavy (non-hydrogen) atoms. The van der Waals surface area contributed by atoms with E-state index in [4.69, 9.17) is 11.6 Å². The molecular formula is C6H9ClN2S.